The molecule has 1 aliphatic heterocycles. The molecule has 158 valence electrons. The van der Waals surface area contributed by atoms with E-state index >= 15 is 0 Å². The number of alkyl halides is 3. The predicted molar refractivity (Wildman–Crippen MR) is 106 cm³/mol. The predicted octanol–water partition coefficient (Wildman–Crippen LogP) is 3.76. The highest BCUT2D eigenvalue weighted by atomic mass is 19.4. The Kier molecular flexibility index (Phi) is 5.10. The van der Waals surface area contributed by atoms with Crippen molar-refractivity contribution in [1.82, 2.24) is 14.6 Å². The van der Waals surface area contributed by atoms with E-state index < -0.39 is 11.7 Å². The van der Waals surface area contributed by atoms with Gasteiger partial charge in [0.25, 0.3) is 0 Å². The van der Waals surface area contributed by atoms with Gasteiger partial charge in [-0.25, -0.2) is 4.98 Å². The smallest absolute Gasteiger partial charge is 0.378 e. The number of benzene rings is 1. The summed E-state index contributed by atoms with van der Waals surface area (Å²) in [6.07, 6.45) is -3.75. The normalized spacial score (nSPS) is 14.9. The maximum absolute atomic E-state index is 13.3. The fourth-order valence-electron chi connectivity index (χ4n) is 3.52. The van der Waals surface area contributed by atoms with Gasteiger partial charge in [-0.2, -0.15) is 17.7 Å². The first-order valence-corrected chi connectivity index (χ1v) is 9.41. The summed E-state index contributed by atoms with van der Waals surface area (Å²) in [6.45, 7) is 5.47. The Bertz CT molecular complexity index is 1100. The van der Waals surface area contributed by atoms with Gasteiger partial charge in [-0.15, -0.1) is 5.10 Å². The Hall–Kier alpha value is -3.14. The number of rotatable bonds is 4. The number of nitrogens with one attached hydrogen (secondary N) is 1. The molecule has 3 heterocycles. The lowest BCUT2D eigenvalue weighted by atomic mass is 10.1. The monoisotopic (exact) mass is 419 g/mol. The van der Waals surface area contributed by atoms with E-state index in [0.29, 0.717) is 66.8 Å². The maximum Gasteiger partial charge on any atom is 0.416 e. The van der Waals surface area contributed by atoms with E-state index in [1.807, 2.05) is 4.90 Å². The summed E-state index contributed by atoms with van der Waals surface area (Å²) in [4.78, 5) is 18.1. The minimum Gasteiger partial charge on any atom is -0.378 e. The van der Waals surface area contributed by atoms with Crippen molar-refractivity contribution in [2.75, 3.05) is 36.5 Å². The third-order valence-corrected chi connectivity index (χ3v) is 5.13. The molecule has 0 unspecified atom stereocenters. The third kappa shape index (κ3) is 3.58. The van der Waals surface area contributed by atoms with Crippen molar-refractivity contribution >= 4 is 29.3 Å². The number of carbonyl (C=O) groups is 1. The van der Waals surface area contributed by atoms with E-state index in [1.165, 1.54) is 17.5 Å². The number of morpholine rings is 1. The molecule has 4 rings (SSSR count). The Morgan fingerprint density at radius 2 is 1.93 bits per heavy atom. The molecule has 1 aromatic carbocycles. The first-order chi connectivity index (χ1) is 14.3. The van der Waals surface area contributed by atoms with Gasteiger partial charge >= 0.3 is 6.18 Å². The molecule has 0 aliphatic carbocycles. The van der Waals surface area contributed by atoms with Crippen molar-refractivity contribution in [3.8, 4) is 0 Å². The number of fused-ring (bicyclic) bond motifs is 1. The number of carbonyl (C=O) groups excluding carboxylic acids is 1. The van der Waals surface area contributed by atoms with Gasteiger partial charge in [0.05, 0.1) is 30.0 Å². The van der Waals surface area contributed by atoms with Crippen LogP contribution in [0.1, 0.15) is 27.2 Å². The van der Waals surface area contributed by atoms with Crippen molar-refractivity contribution in [1.29, 1.82) is 0 Å². The zero-order valence-electron chi connectivity index (χ0n) is 16.5. The molecule has 0 atom stereocenters. The van der Waals surface area contributed by atoms with Gasteiger partial charge < -0.3 is 15.0 Å². The number of anilines is 3. The molecule has 10 heteroatoms. The number of halogens is 3. The van der Waals surface area contributed by atoms with Crippen molar-refractivity contribution in [3.05, 3.63) is 46.6 Å². The van der Waals surface area contributed by atoms with E-state index in [1.54, 1.807) is 19.1 Å². The van der Waals surface area contributed by atoms with Crippen LogP contribution in [0.15, 0.2) is 24.3 Å². The van der Waals surface area contributed by atoms with Gasteiger partial charge in [0, 0.05) is 18.8 Å². The van der Waals surface area contributed by atoms with Crippen LogP contribution in [0.5, 0.6) is 0 Å². The van der Waals surface area contributed by atoms with Crippen LogP contribution in [-0.4, -0.2) is 47.2 Å². The van der Waals surface area contributed by atoms with E-state index in [4.69, 9.17) is 4.74 Å². The van der Waals surface area contributed by atoms with Gasteiger partial charge in [0.15, 0.2) is 23.6 Å². The largest absolute Gasteiger partial charge is 0.416 e. The molecule has 0 amide bonds. The molecule has 1 saturated heterocycles. The van der Waals surface area contributed by atoms with Gasteiger partial charge in [0.2, 0.25) is 0 Å². The van der Waals surface area contributed by atoms with Crippen molar-refractivity contribution < 1.29 is 22.7 Å². The summed E-state index contributed by atoms with van der Waals surface area (Å²) in [5.74, 6) is 0.986. The van der Waals surface area contributed by atoms with Crippen LogP contribution < -0.4 is 10.2 Å². The lowest BCUT2D eigenvalue weighted by Crippen LogP contribution is -2.37. The first-order valence-electron chi connectivity index (χ1n) is 9.41. The number of aryl methyl sites for hydroxylation is 1. The topological polar surface area (TPSA) is 71.8 Å². The Balaban J connectivity index is 1.82. The molecule has 2 aromatic heterocycles. The molecule has 30 heavy (non-hydrogen) atoms. The van der Waals surface area contributed by atoms with Crippen LogP contribution in [0, 0.1) is 13.8 Å². The van der Waals surface area contributed by atoms with Gasteiger partial charge in [-0.05, 0) is 37.6 Å². The van der Waals surface area contributed by atoms with Gasteiger partial charge in [-0.3, -0.25) is 4.79 Å². The fourth-order valence-corrected chi connectivity index (χ4v) is 3.52. The molecular formula is C20H20F3N5O2. The highest BCUT2D eigenvalue weighted by molar-refractivity contribution is 5.86. The van der Waals surface area contributed by atoms with Crippen LogP contribution in [0.4, 0.5) is 30.5 Å². The van der Waals surface area contributed by atoms with Crippen molar-refractivity contribution in [3.63, 3.8) is 0 Å². The van der Waals surface area contributed by atoms with Crippen LogP contribution in [0.2, 0.25) is 0 Å². The number of hydrogen-bond acceptors (Lipinski definition) is 6. The number of hydrogen-bond donors (Lipinski definition) is 1. The maximum atomic E-state index is 13.3. The average molecular weight is 419 g/mol. The standard InChI is InChI=1S/C20H20F3N5O2/c1-12-15(20(21,22)23)4-3-5-16(12)25-18-13(2)24-19-14(11-29)10-17(26-28(18)19)27-6-8-30-9-7-27/h3-5,10-11,25H,6-9H2,1-2H3. The molecule has 1 fully saturated rings. The van der Waals surface area contributed by atoms with Gasteiger partial charge in [0.1, 0.15) is 0 Å². The molecule has 3 aromatic rings. The minimum atomic E-state index is -4.46. The summed E-state index contributed by atoms with van der Waals surface area (Å²) < 4.78 is 46.7. The number of imidazole rings is 1. The summed E-state index contributed by atoms with van der Waals surface area (Å²) in [5.41, 5.74) is 0.853. The van der Waals surface area contributed by atoms with Crippen LogP contribution in [0.25, 0.3) is 5.65 Å². The number of nitrogens with zero attached hydrogens (tertiary/aromatic N) is 4. The van der Waals surface area contributed by atoms with E-state index in [0.717, 1.165) is 6.07 Å². The molecular weight excluding hydrogens is 399 g/mol. The Morgan fingerprint density at radius 3 is 2.60 bits per heavy atom. The molecule has 1 N–H and O–H groups in total. The van der Waals surface area contributed by atoms with Crippen LogP contribution >= 0.6 is 0 Å². The summed E-state index contributed by atoms with van der Waals surface area (Å²) in [5, 5.41) is 7.64. The summed E-state index contributed by atoms with van der Waals surface area (Å²) >= 11 is 0. The van der Waals surface area contributed by atoms with Gasteiger partial charge in [-0.1, -0.05) is 6.07 Å². The third-order valence-electron chi connectivity index (χ3n) is 5.13. The summed E-state index contributed by atoms with van der Waals surface area (Å²) in [7, 11) is 0. The number of aldehydes is 1. The van der Waals surface area contributed by atoms with E-state index in [2.05, 4.69) is 15.4 Å². The van der Waals surface area contributed by atoms with Crippen LogP contribution in [0.3, 0.4) is 0 Å². The summed E-state index contributed by atoms with van der Waals surface area (Å²) in [6, 6.07) is 5.62. The lowest BCUT2D eigenvalue weighted by Gasteiger charge is -2.27. The Labute approximate surface area is 170 Å². The zero-order chi connectivity index (χ0) is 21.5. The second kappa shape index (κ2) is 7.60. The minimum absolute atomic E-state index is 0.0688. The van der Waals surface area contributed by atoms with E-state index in [9.17, 15) is 18.0 Å². The molecule has 1 aliphatic rings. The first kappa shape index (κ1) is 20.1. The molecule has 0 saturated carbocycles. The molecule has 0 bridgehead atoms. The molecule has 0 radical (unpaired) electrons. The Morgan fingerprint density at radius 1 is 1.20 bits per heavy atom. The molecule has 7 nitrogen and oxygen atoms in total. The highest BCUT2D eigenvalue weighted by Crippen LogP contribution is 2.36. The lowest BCUT2D eigenvalue weighted by molar-refractivity contribution is -0.138. The fraction of sp³-hybridized carbons (Fsp3) is 0.350. The van der Waals surface area contributed by atoms with Crippen LogP contribution in [-0.2, 0) is 10.9 Å². The highest BCUT2D eigenvalue weighted by Gasteiger charge is 2.33. The second-order valence-electron chi connectivity index (χ2n) is 7.06. The zero-order valence-corrected chi connectivity index (χ0v) is 16.5. The number of aromatic nitrogens is 3. The quantitative estimate of drug-likeness (QED) is 0.650. The SMILES string of the molecule is Cc1nc2c(C=O)cc(N3CCOCC3)nn2c1Nc1cccc(C(F)(F)F)c1C. The van der Waals surface area contributed by atoms with Crippen molar-refractivity contribution in [2.24, 2.45) is 0 Å². The number of ether oxygens (including phenoxy) is 1. The van der Waals surface area contributed by atoms with Crippen molar-refractivity contribution in [2.45, 2.75) is 20.0 Å². The van der Waals surface area contributed by atoms with E-state index in [-0.39, 0.29) is 5.56 Å². The second-order valence-corrected chi connectivity index (χ2v) is 7.06. The average Bonchev–Trinajstić information content (AvgIpc) is 3.04. The molecule has 0 spiro atoms.